The quantitative estimate of drug-likeness (QED) is 0.713. The zero-order valence-electron chi connectivity index (χ0n) is 9.77. The van der Waals surface area contributed by atoms with Gasteiger partial charge < -0.3 is 0 Å². The molecule has 16 heavy (non-hydrogen) atoms. The minimum Gasteiger partial charge on any atom is -0.184 e. The Morgan fingerprint density at radius 1 is 1.31 bits per heavy atom. The summed E-state index contributed by atoms with van der Waals surface area (Å²) in [5, 5.41) is 7.83. The summed E-state index contributed by atoms with van der Waals surface area (Å²) in [6.45, 7) is 4.98. The maximum atomic E-state index is 3.95. The Balaban J connectivity index is 2.22. The molecule has 0 N–H and O–H groups in total. The molecule has 1 heterocycles. The average Bonchev–Trinajstić information content (AvgIpc) is 2.85. The fraction of sp³-hybridized carbons (Fsp3) is 0.286. The average molecular weight is 212 g/mol. The first-order valence-corrected chi connectivity index (χ1v) is 5.66. The van der Waals surface area contributed by atoms with Crippen molar-refractivity contribution in [2.75, 3.05) is 6.54 Å². The van der Waals surface area contributed by atoms with Gasteiger partial charge in [0, 0.05) is 5.57 Å². The third-order valence-electron chi connectivity index (χ3n) is 2.89. The molecule has 0 aromatic heterocycles. The molecule has 0 atom stereocenters. The second-order valence-electron chi connectivity index (χ2n) is 3.81. The van der Waals surface area contributed by atoms with E-state index in [2.05, 4.69) is 54.4 Å². The molecule has 1 aliphatic heterocycles. The summed E-state index contributed by atoms with van der Waals surface area (Å²) in [6.07, 6.45) is 5.09. The van der Waals surface area contributed by atoms with Crippen LogP contribution >= 0.6 is 0 Å². The number of allylic oxidation sites excluding steroid dienone is 2. The molecule has 2 heteroatoms. The molecule has 0 saturated carbocycles. The van der Waals surface area contributed by atoms with Gasteiger partial charge in [0.05, 0.1) is 12.7 Å². The summed E-state index contributed by atoms with van der Waals surface area (Å²) in [7, 11) is 0. The lowest BCUT2D eigenvalue weighted by Gasteiger charge is -2.06. The highest BCUT2D eigenvalue weighted by Crippen LogP contribution is 2.23. The van der Waals surface area contributed by atoms with Crippen molar-refractivity contribution in [2.45, 2.75) is 20.3 Å². The van der Waals surface area contributed by atoms with Gasteiger partial charge in [0.2, 0.25) is 0 Å². The highest BCUT2D eigenvalue weighted by atomic mass is 15.1. The summed E-state index contributed by atoms with van der Waals surface area (Å²) in [6, 6.07) is 8.65. The van der Waals surface area contributed by atoms with Gasteiger partial charge in [0.15, 0.2) is 0 Å². The smallest absolute Gasteiger partial charge is 0.0874 e. The fourth-order valence-corrected chi connectivity index (χ4v) is 1.91. The molecule has 0 spiro atoms. The molecular formula is C14H16N2. The van der Waals surface area contributed by atoms with Crippen LogP contribution in [0, 0.1) is 0 Å². The van der Waals surface area contributed by atoms with Crippen molar-refractivity contribution < 1.29 is 0 Å². The maximum Gasteiger partial charge on any atom is 0.0874 e. The second-order valence-corrected chi connectivity index (χ2v) is 3.81. The number of azo groups is 1. The number of rotatable bonds is 3. The Kier molecular flexibility index (Phi) is 3.30. The third kappa shape index (κ3) is 2.11. The number of hydrogen-bond donors (Lipinski definition) is 0. The van der Waals surface area contributed by atoms with Crippen molar-refractivity contribution >= 4 is 11.1 Å². The van der Waals surface area contributed by atoms with Crippen molar-refractivity contribution in [2.24, 2.45) is 10.2 Å². The van der Waals surface area contributed by atoms with Crippen LogP contribution in [0.25, 0.3) is 11.1 Å². The molecule has 0 unspecified atom stereocenters. The summed E-state index contributed by atoms with van der Waals surface area (Å²) >= 11 is 0. The van der Waals surface area contributed by atoms with Gasteiger partial charge in [-0.05, 0) is 30.0 Å². The van der Waals surface area contributed by atoms with E-state index in [0.717, 1.165) is 6.42 Å². The van der Waals surface area contributed by atoms with Gasteiger partial charge in [-0.2, -0.15) is 10.2 Å². The lowest BCUT2D eigenvalue weighted by atomic mass is 9.99. The van der Waals surface area contributed by atoms with E-state index in [1.807, 2.05) is 6.20 Å². The molecule has 0 bridgehead atoms. The van der Waals surface area contributed by atoms with Gasteiger partial charge in [-0.25, -0.2) is 0 Å². The number of hydrogen-bond acceptors (Lipinski definition) is 2. The molecule has 0 radical (unpaired) electrons. The van der Waals surface area contributed by atoms with E-state index >= 15 is 0 Å². The molecule has 2 nitrogen and oxygen atoms in total. The Hall–Kier alpha value is -1.70. The molecule has 82 valence electrons. The zero-order chi connectivity index (χ0) is 11.4. The van der Waals surface area contributed by atoms with Gasteiger partial charge in [-0.1, -0.05) is 37.3 Å². The first kappa shape index (κ1) is 10.8. The van der Waals surface area contributed by atoms with Crippen molar-refractivity contribution in [1.82, 2.24) is 0 Å². The first-order valence-electron chi connectivity index (χ1n) is 5.66. The number of benzene rings is 1. The van der Waals surface area contributed by atoms with E-state index in [1.54, 1.807) is 0 Å². The lowest BCUT2D eigenvalue weighted by molar-refractivity contribution is 1.14. The van der Waals surface area contributed by atoms with E-state index in [1.165, 1.54) is 22.3 Å². The molecule has 1 aromatic rings. The molecule has 0 fully saturated rings. The molecule has 1 aliphatic rings. The highest BCUT2D eigenvalue weighted by molar-refractivity contribution is 5.71. The van der Waals surface area contributed by atoms with Crippen LogP contribution in [-0.4, -0.2) is 6.54 Å². The Morgan fingerprint density at radius 2 is 2.06 bits per heavy atom. The third-order valence-corrected chi connectivity index (χ3v) is 2.89. The van der Waals surface area contributed by atoms with Crippen LogP contribution in [0.1, 0.15) is 31.4 Å². The monoisotopic (exact) mass is 212 g/mol. The van der Waals surface area contributed by atoms with Crippen molar-refractivity contribution in [3.8, 4) is 0 Å². The van der Waals surface area contributed by atoms with Crippen LogP contribution in [0.5, 0.6) is 0 Å². The number of nitrogens with zero attached hydrogens (tertiary/aromatic N) is 2. The Bertz CT molecular complexity index is 429. The standard InChI is InChI=1S/C14H16N2/c1-3-11(4-2)12-5-7-13(8-6-12)14-9-15-16-10-14/h3,5-9H,4,10H2,1-2H3/b11-3+. The largest absolute Gasteiger partial charge is 0.184 e. The Morgan fingerprint density at radius 3 is 2.56 bits per heavy atom. The van der Waals surface area contributed by atoms with E-state index in [9.17, 15) is 0 Å². The second kappa shape index (κ2) is 4.88. The highest BCUT2D eigenvalue weighted by Gasteiger charge is 2.05. The molecular weight excluding hydrogens is 196 g/mol. The van der Waals surface area contributed by atoms with E-state index < -0.39 is 0 Å². The normalized spacial score (nSPS) is 15.4. The van der Waals surface area contributed by atoms with Crippen LogP contribution in [0.3, 0.4) is 0 Å². The minimum absolute atomic E-state index is 0.712. The predicted octanol–water partition coefficient (Wildman–Crippen LogP) is 4.31. The van der Waals surface area contributed by atoms with Crippen molar-refractivity contribution in [3.05, 3.63) is 47.7 Å². The van der Waals surface area contributed by atoms with E-state index in [4.69, 9.17) is 0 Å². The van der Waals surface area contributed by atoms with Gasteiger partial charge in [0.25, 0.3) is 0 Å². The summed E-state index contributed by atoms with van der Waals surface area (Å²) < 4.78 is 0. The Labute approximate surface area is 96.4 Å². The maximum absolute atomic E-state index is 3.95. The zero-order valence-corrected chi connectivity index (χ0v) is 9.77. The topological polar surface area (TPSA) is 24.7 Å². The van der Waals surface area contributed by atoms with Crippen LogP contribution in [0.2, 0.25) is 0 Å². The molecule has 0 saturated heterocycles. The van der Waals surface area contributed by atoms with Crippen LogP contribution in [0.15, 0.2) is 46.8 Å². The van der Waals surface area contributed by atoms with Crippen molar-refractivity contribution in [3.63, 3.8) is 0 Å². The molecule has 0 amide bonds. The molecule has 0 aliphatic carbocycles. The van der Waals surface area contributed by atoms with Crippen LogP contribution in [-0.2, 0) is 0 Å². The minimum atomic E-state index is 0.712. The van der Waals surface area contributed by atoms with Crippen molar-refractivity contribution in [1.29, 1.82) is 0 Å². The first-order chi connectivity index (χ1) is 7.85. The molecule has 1 aromatic carbocycles. The van der Waals surface area contributed by atoms with Crippen LogP contribution < -0.4 is 0 Å². The van der Waals surface area contributed by atoms with Crippen LogP contribution in [0.4, 0.5) is 0 Å². The van der Waals surface area contributed by atoms with E-state index in [0.29, 0.717) is 6.54 Å². The summed E-state index contributed by atoms with van der Waals surface area (Å²) in [4.78, 5) is 0. The van der Waals surface area contributed by atoms with Gasteiger partial charge in [0.1, 0.15) is 0 Å². The molecule has 2 rings (SSSR count). The summed E-state index contributed by atoms with van der Waals surface area (Å²) in [5.41, 5.74) is 5.12. The van der Waals surface area contributed by atoms with Gasteiger partial charge in [-0.15, -0.1) is 0 Å². The van der Waals surface area contributed by atoms with E-state index in [-0.39, 0.29) is 0 Å². The van der Waals surface area contributed by atoms with Gasteiger partial charge >= 0.3 is 0 Å². The van der Waals surface area contributed by atoms with Gasteiger partial charge in [-0.3, -0.25) is 0 Å². The summed E-state index contributed by atoms with van der Waals surface area (Å²) in [5.74, 6) is 0. The predicted molar refractivity (Wildman–Crippen MR) is 68.1 cm³/mol. The fourth-order valence-electron chi connectivity index (χ4n) is 1.91. The SMILES string of the molecule is C/C=C(\CC)c1ccc(C2=CN=NC2)cc1. The lowest BCUT2D eigenvalue weighted by Crippen LogP contribution is -1.87.